The van der Waals surface area contributed by atoms with Crippen molar-refractivity contribution in [2.75, 3.05) is 6.54 Å². The summed E-state index contributed by atoms with van der Waals surface area (Å²) in [6.45, 7) is 2.28. The van der Waals surface area contributed by atoms with E-state index in [-0.39, 0.29) is 18.0 Å². The van der Waals surface area contributed by atoms with Gasteiger partial charge >= 0.3 is 5.97 Å². The molecule has 0 aliphatic rings. The lowest BCUT2D eigenvalue weighted by molar-refractivity contribution is -0.137. The van der Waals surface area contributed by atoms with E-state index in [1.54, 1.807) is 17.1 Å². The summed E-state index contributed by atoms with van der Waals surface area (Å²) in [4.78, 5) is 27.0. The third-order valence-corrected chi connectivity index (χ3v) is 4.35. The molecule has 2 heterocycles. The molecule has 0 atom stereocenters. The predicted molar refractivity (Wildman–Crippen MR) is 99.8 cm³/mol. The molecule has 0 saturated carbocycles. The van der Waals surface area contributed by atoms with Crippen LogP contribution in [0.4, 0.5) is 0 Å². The van der Waals surface area contributed by atoms with Gasteiger partial charge in [-0.25, -0.2) is 4.68 Å². The number of fused-ring (bicyclic) bond motifs is 1. The zero-order valence-electron chi connectivity index (χ0n) is 15.1. The number of carbonyl (C=O) groups excluding carboxylic acids is 1. The number of carbonyl (C=O) groups is 2. The van der Waals surface area contributed by atoms with Crippen molar-refractivity contribution >= 4 is 22.6 Å². The molecule has 8 nitrogen and oxygen atoms in total. The second-order valence-electron chi connectivity index (χ2n) is 6.27. The van der Waals surface area contributed by atoms with E-state index < -0.39 is 5.97 Å². The quantitative estimate of drug-likeness (QED) is 0.592. The van der Waals surface area contributed by atoms with Gasteiger partial charge in [0.25, 0.3) is 5.91 Å². The number of nitrogens with zero attached hydrogens (tertiary/aromatic N) is 4. The van der Waals surface area contributed by atoms with Gasteiger partial charge in [-0.2, -0.15) is 0 Å². The van der Waals surface area contributed by atoms with E-state index in [4.69, 9.17) is 5.11 Å². The molecule has 1 aromatic carbocycles. The lowest BCUT2D eigenvalue weighted by Crippen LogP contribution is -2.25. The number of rotatable bonds is 8. The maximum atomic E-state index is 12.4. The van der Waals surface area contributed by atoms with Gasteiger partial charge in [-0.3, -0.25) is 14.6 Å². The van der Waals surface area contributed by atoms with Crippen LogP contribution in [0.15, 0.2) is 36.7 Å². The first-order valence-corrected chi connectivity index (χ1v) is 8.83. The minimum Gasteiger partial charge on any atom is -0.481 e. The summed E-state index contributed by atoms with van der Waals surface area (Å²) in [5.74, 6) is -1.07. The van der Waals surface area contributed by atoms with Gasteiger partial charge in [-0.15, -0.1) is 5.10 Å². The summed E-state index contributed by atoms with van der Waals surface area (Å²) in [6.07, 6.45) is 5.74. The molecule has 0 fully saturated rings. The number of hydrogen-bond acceptors (Lipinski definition) is 5. The molecule has 27 heavy (non-hydrogen) atoms. The highest BCUT2D eigenvalue weighted by Crippen LogP contribution is 2.22. The van der Waals surface area contributed by atoms with Gasteiger partial charge in [0.2, 0.25) is 0 Å². The summed E-state index contributed by atoms with van der Waals surface area (Å²) in [5.41, 5.74) is 1.78. The monoisotopic (exact) mass is 367 g/mol. The molecule has 8 heteroatoms. The Balaban J connectivity index is 1.68. The molecule has 0 aliphatic carbocycles. The molecule has 3 aromatic rings. The summed E-state index contributed by atoms with van der Waals surface area (Å²) in [5, 5.41) is 21.6. The maximum absolute atomic E-state index is 12.4. The Labute approximate surface area is 156 Å². The van der Waals surface area contributed by atoms with Crippen LogP contribution < -0.4 is 5.32 Å². The van der Waals surface area contributed by atoms with Gasteiger partial charge < -0.3 is 10.4 Å². The number of carboxylic acid groups (broad SMARTS) is 1. The van der Waals surface area contributed by atoms with E-state index >= 15 is 0 Å². The molecule has 3 rings (SSSR count). The number of aromatic nitrogens is 4. The zero-order valence-corrected chi connectivity index (χ0v) is 15.1. The molecule has 0 spiro atoms. The first kappa shape index (κ1) is 18.5. The average molecular weight is 367 g/mol. The summed E-state index contributed by atoms with van der Waals surface area (Å²) in [7, 11) is 0. The number of amides is 1. The Bertz CT molecular complexity index is 962. The number of aliphatic carboxylic acids is 1. The highest BCUT2D eigenvalue weighted by atomic mass is 16.4. The number of carboxylic acids is 1. The fourth-order valence-electron chi connectivity index (χ4n) is 2.92. The highest BCUT2D eigenvalue weighted by molar-refractivity contribution is 5.94. The van der Waals surface area contributed by atoms with Crippen LogP contribution in [-0.2, 0) is 4.79 Å². The SMILES string of the molecule is Cc1c(C(=O)NCCCCCC(=O)O)nnn1-c1cccc2cnccc12. The molecule has 0 saturated heterocycles. The Morgan fingerprint density at radius 3 is 2.85 bits per heavy atom. The summed E-state index contributed by atoms with van der Waals surface area (Å²) in [6, 6.07) is 7.71. The van der Waals surface area contributed by atoms with Crippen molar-refractivity contribution in [2.45, 2.75) is 32.6 Å². The standard InChI is InChI=1S/C19H21N5O3/c1-13-18(19(27)21-10-4-2-3-8-17(25)26)22-23-24(13)16-7-5-6-14-12-20-11-9-15(14)16/h5-7,9,11-12H,2-4,8,10H2,1H3,(H,21,27)(H,25,26). The van der Waals surface area contributed by atoms with Crippen molar-refractivity contribution in [3.63, 3.8) is 0 Å². The van der Waals surface area contributed by atoms with E-state index in [9.17, 15) is 9.59 Å². The summed E-state index contributed by atoms with van der Waals surface area (Å²) < 4.78 is 1.66. The lowest BCUT2D eigenvalue weighted by Gasteiger charge is -2.08. The lowest BCUT2D eigenvalue weighted by atomic mass is 10.1. The Morgan fingerprint density at radius 1 is 1.19 bits per heavy atom. The van der Waals surface area contributed by atoms with Crippen LogP contribution in [-0.4, -0.2) is 43.5 Å². The van der Waals surface area contributed by atoms with Crippen molar-refractivity contribution in [3.8, 4) is 5.69 Å². The van der Waals surface area contributed by atoms with Crippen molar-refractivity contribution in [2.24, 2.45) is 0 Å². The van der Waals surface area contributed by atoms with E-state index in [0.29, 0.717) is 18.7 Å². The Hall–Kier alpha value is -3.29. The van der Waals surface area contributed by atoms with Crippen molar-refractivity contribution < 1.29 is 14.7 Å². The Morgan fingerprint density at radius 2 is 2.04 bits per heavy atom. The third kappa shape index (κ3) is 4.28. The summed E-state index contributed by atoms with van der Waals surface area (Å²) >= 11 is 0. The molecular formula is C19H21N5O3. The topological polar surface area (TPSA) is 110 Å². The first-order chi connectivity index (χ1) is 13.1. The van der Waals surface area contributed by atoms with Crippen LogP contribution in [0, 0.1) is 6.92 Å². The molecule has 1 amide bonds. The molecule has 2 N–H and O–H groups in total. The maximum Gasteiger partial charge on any atom is 0.303 e. The third-order valence-electron chi connectivity index (χ3n) is 4.35. The van der Waals surface area contributed by atoms with Crippen molar-refractivity contribution in [1.29, 1.82) is 0 Å². The molecule has 140 valence electrons. The van der Waals surface area contributed by atoms with Crippen LogP contribution in [0.3, 0.4) is 0 Å². The number of nitrogens with one attached hydrogen (secondary N) is 1. The van der Waals surface area contributed by atoms with Crippen LogP contribution in [0.2, 0.25) is 0 Å². The van der Waals surface area contributed by atoms with Crippen LogP contribution in [0.1, 0.15) is 41.9 Å². The van der Waals surface area contributed by atoms with Crippen LogP contribution in [0.5, 0.6) is 0 Å². The van der Waals surface area contributed by atoms with Gasteiger partial charge in [0.05, 0.1) is 11.4 Å². The number of pyridine rings is 1. The second kappa shape index (κ2) is 8.39. The Kier molecular flexibility index (Phi) is 5.75. The zero-order chi connectivity index (χ0) is 19.2. The second-order valence-corrected chi connectivity index (χ2v) is 6.27. The molecule has 0 aliphatic heterocycles. The van der Waals surface area contributed by atoms with E-state index in [1.807, 2.05) is 31.2 Å². The van der Waals surface area contributed by atoms with Gasteiger partial charge in [-0.1, -0.05) is 23.8 Å². The van der Waals surface area contributed by atoms with Gasteiger partial charge in [0.1, 0.15) is 0 Å². The van der Waals surface area contributed by atoms with Crippen molar-refractivity contribution in [1.82, 2.24) is 25.3 Å². The van der Waals surface area contributed by atoms with Crippen molar-refractivity contribution in [3.05, 3.63) is 48.0 Å². The van der Waals surface area contributed by atoms with E-state index in [1.165, 1.54) is 0 Å². The highest BCUT2D eigenvalue weighted by Gasteiger charge is 2.18. The van der Waals surface area contributed by atoms with E-state index in [0.717, 1.165) is 29.3 Å². The minimum absolute atomic E-state index is 0.155. The van der Waals surface area contributed by atoms with Gasteiger partial charge in [0, 0.05) is 36.1 Å². The fourth-order valence-corrected chi connectivity index (χ4v) is 2.92. The minimum atomic E-state index is -0.796. The molecule has 0 radical (unpaired) electrons. The van der Waals surface area contributed by atoms with Crippen LogP contribution in [0.25, 0.3) is 16.5 Å². The molecular weight excluding hydrogens is 346 g/mol. The smallest absolute Gasteiger partial charge is 0.303 e. The normalized spacial score (nSPS) is 10.9. The largest absolute Gasteiger partial charge is 0.481 e. The number of unbranched alkanes of at least 4 members (excludes halogenated alkanes) is 2. The number of benzene rings is 1. The molecule has 2 aromatic heterocycles. The number of hydrogen-bond donors (Lipinski definition) is 2. The van der Waals surface area contributed by atoms with Gasteiger partial charge in [0.15, 0.2) is 5.69 Å². The average Bonchev–Trinajstić information content (AvgIpc) is 3.05. The predicted octanol–water partition coefficient (Wildman–Crippen LogP) is 2.50. The van der Waals surface area contributed by atoms with Gasteiger partial charge in [-0.05, 0) is 31.9 Å². The van der Waals surface area contributed by atoms with E-state index in [2.05, 4.69) is 20.6 Å². The van der Waals surface area contributed by atoms with Crippen LogP contribution >= 0.6 is 0 Å². The molecule has 0 bridgehead atoms. The fraction of sp³-hybridized carbons (Fsp3) is 0.316. The molecule has 0 unspecified atom stereocenters. The first-order valence-electron chi connectivity index (χ1n) is 8.83.